The lowest BCUT2D eigenvalue weighted by molar-refractivity contribution is -0.0879. The molecule has 0 saturated carbocycles. The van der Waals surface area contributed by atoms with E-state index in [0.29, 0.717) is 24.5 Å². The third-order valence-electron chi connectivity index (χ3n) is 6.05. The third-order valence-corrected chi connectivity index (χ3v) is 8.04. The standard InChI is InChI=1S/C26H31ClN2O5S/c1-3-33-22-7-4-18(5-8-22)12-20-13-19(6-9-24(20)27)25-15-21(30)14-23(34-25)16-35(31,32)26-28-11-10-17(2)29-26/h4-11,13,17,21,23,25,30H,3,12,14-16H2,1-2H3,(H,28,29)/t17?,21-,23-,25+/m0/s1. The third kappa shape index (κ3) is 6.64. The van der Waals surface area contributed by atoms with Crippen LogP contribution in [0.5, 0.6) is 5.75 Å². The van der Waals surface area contributed by atoms with E-state index in [-0.39, 0.29) is 23.4 Å². The molecule has 4 rings (SSSR count). The van der Waals surface area contributed by atoms with Gasteiger partial charge in [-0.15, -0.1) is 0 Å². The van der Waals surface area contributed by atoms with Crippen LogP contribution in [0.2, 0.25) is 5.02 Å². The minimum absolute atomic E-state index is 0.0585. The SMILES string of the molecule is CCOc1ccc(Cc2cc([C@H]3C[C@@H](O)C[C@@H](CS(=O)(=O)C4=NC(C)C=CN4)O3)ccc2Cl)cc1. The first-order valence-corrected chi connectivity index (χ1v) is 13.8. The average Bonchev–Trinajstić information content (AvgIpc) is 2.81. The molecule has 4 atom stereocenters. The largest absolute Gasteiger partial charge is 0.494 e. The van der Waals surface area contributed by atoms with E-state index in [1.807, 2.05) is 56.3 Å². The van der Waals surface area contributed by atoms with E-state index in [4.69, 9.17) is 21.1 Å². The van der Waals surface area contributed by atoms with Gasteiger partial charge in [0.15, 0.2) is 0 Å². The Bertz CT molecular complexity index is 1200. The lowest BCUT2D eigenvalue weighted by Crippen LogP contribution is -2.41. The highest BCUT2D eigenvalue weighted by molar-refractivity contribution is 8.06. The van der Waals surface area contributed by atoms with Crippen molar-refractivity contribution in [3.63, 3.8) is 0 Å². The zero-order chi connectivity index (χ0) is 25.0. The maximum absolute atomic E-state index is 12.9. The summed E-state index contributed by atoms with van der Waals surface area (Å²) >= 11 is 6.49. The highest BCUT2D eigenvalue weighted by Gasteiger charge is 2.34. The first-order valence-electron chi connectivity index (χ1n) is 11.8. The Morgan fingerprint density at radius 2 is 1.97 bits per heavy atom. The molecule has 1 saturated heterocycles. The summed E-state index contributed by atoms with van der Waals surface area (Å²) in [4.78, 5) is 4.18. The van der Waals surface area contributed by atoms with Gasteiger partial charge in [-0.2, -0.15) is 0 Å². The van der Waals surface area contributed by atoms with Gasteiger partial charge in [-0.25, -0.2) is 8.42 Å². The predicted molar refractivity (Wildman–Crippen MR) is 138 cm³/mol. The Balaban J connectivity index is 1.48. The van der Waals surface area contributed by atoms with Gasteiger partial charge < -0.3 is 19.9 Å². The smallest absolute Gasteiger partial charge is 0.220 e. The number of aliphatic hydroxyl groups excluding tert-OH is 1. The van der Waals surface area contributed by atoms with E-state index in [2.05, 4.69) is 10.3 Å². The molecule has 1 unspecified atom stereocenters. The molecule has 7 nitrogen and oxygen atoms in total. The summed E-state index contributed by atoms with van der Waals surface area (Å²) in [5.74, 6) is 0.570. The van der Waals surface area contributed by atoms with Crippen molar-refractivity contribution in [2.75, 3.05) is 12.4 Å². The van der Waals surface area contributed by atoms with E-state index in [9.17, 15) is 13.5 Å². The van der Waals surface area contributed by atoms with Crippen LogP contribution >= 0.6 is 11.6 Å². The Morgan fingerprint density at radius 1 is 1.20 bits per heavy atom. The van der Waals surface area contributed by atoms with E-state index >= 15 is 0 Å². The van der Waals surface area contributed by atoms with Crippen molar-refractivity contribution in [1.29, 1.82) is 0 Å². The van der Waals surface area contributed by atoms with E-state index in [0.717, 1.165) is 22.4 Å². The molecule has 2 aromatic rings. The van der Waals surface area contributed by atoms with Crippen LogP contribution in [0, 0.1) is 0 Å². The molecule has 0 amide bonds. The molecule has 2 heterocycles. The molecule has 0 bridgehead atoms. The zero-order valence-electron chi connectivity index (χ0n) is 19.9. The van der Waals surface area contributed by atoms with Crippen LogP contribution in [0.3, 0.4) is 0 Å². The Labute approximate surface area is 211 Å². The van der Waals surface area contributed by atoms with Crippen LogP contribution in [0.15, 0.2) is 59.7 Å². The fourth-order valence-electron chi connectivity index (χ4n) is 4.35. The molecule has 2 N–H and O–H groups in total. The van der Waals surface area contributed by atoms with Crippen LogP contribution in [-0.2, 0) is 21.0 Å². The van der Waals surface area contributed by atoms with Crippen molar-refractivity contribution in [1.82, 2.24) is 5.32 Å². The van der Waals surface area contributed by atoms with Crippen LogP contribution in [0.4, 0.5) is 0 Å². The summed E-state index contributed by atoms with van der Waals surface area (Å²) in [6.07, 6.45) is 2.88. The first-order chi connectivity index (χ1) is 16.7. The maximum Gasteiger partial charge on any atom is 0.220 e. The average molecular weight is 519 g/mol. The van der Waals surface area contributed by atoms with Crippen LogP contribution < -0.4 is 10.1 Å². The summed E-state index contributed by atoms with van der Waals surface area (Å²) in [6, 6.07) is 13.3. The minimum Gasteiger partial charge on any atom is -0.494 e. The van der Waals surface area contributed by atoms with E-state index < -0.39 is 28.1 Å². The Kier molecular flexibility index (Phi) is 8.16. The number of hydrogen-bond donors (Lipinski definition) is 2. The van der Waals surface area contributed by atoms with Crippen molar-refractivity contribution >= 4 is 26.6 Å². The van der Waals surface area contributed by atoms with Gasteiger partial charge in [-0.3, -0.25) is 4.99 Å². The number of benzene rings is 2. The maximum atomic E-state index is 12.9. The number of halogens is 1. The van der Waals surface area contributed by atoms with E-state index in [1.165, 1.54) is 0 Å². The van der Waals surface area contributed by atoms with Crippen LogP contribution in [0.1, 0.15) is 49.5 Å². The molecular formula is C26H31ClN2O5S. The van der Waals surface area contributed by atoms with Crippen molar-refractivity contribution in [3.05, 3.63) is 76.5 Å². The number of amidine groups is 1. The fraction of sp³-hybridized carbons (Fsp3) is 0.423. The van der Waals surface area contributed by atoms with Gasteiger partial charge in [0.05, 0.1) is 36.7 Å². The van der Waals surface area contributed by atoms with Gasteiger partial charge in [0, 0.05) is 24.1 Å². The van der Waals surface area contributed by atoms with Crippen molar-refractivity contribution in [3.8, 4) is 5.75 Å². The normalized spacial score (nSPS) is 24.5. The van der Waals surface area contributed by atoms with Crippen molar-refractivity contribution < 1.29 is 23.0 Å². The summed E-state index contributed by atoms with van der Waals surface area (Å²) in [7, 11) is -3.69. The van der Waals surface area contributed by atoms with Gasteiger partial charge >= 0.3 is 0 Å². The van der Waals surface area contributed by atoms with Gasteiger partial charge in [0.25, 0.3) is 0 Å². The lowest BCUT2D eigenvalue weighted by Gasteiger charge is -2.33. The quantitative estimate of drug-likeness (QED) is 0.570. The molecule has 2 aliphatic rings. The molecule has 0 radical (unpaired) electrons. The minimum atomic E-state index is -3.69. The summed E-state index contributed by atoms with van der Waals surface area (Å²) in [5, 5.41) is 13.8. The number of nitrogens with zero attached hydrogens (tertiary/aromatic N) is 1. The summed E-state index contributed by atoms with van der Waals surface area (Å²) < 4.78 is 37.5. The number of hydrogen-bond acceptors (Lipinski definition) is 7. The van der Waals surface area contributed by atoms with Crippen molar-refractivity contribution in [2.45, 2.75) is 57.5 Å². The lowest BCUT2D eigenvalue weighted by atomic mass is 9.94. The molecule has 0 spiro atoms. The second-order valence-corrected chi connectivity index (χ2v) is 11.3. The number of aliphatic imine (C=N–C) groups is 1. The number of rotatable bonds is 7. The summed E-state index contributed by atoms with van der Waals surface area (Å²) in [5.41, 5.74) is 2.88. The zero-order valence-corrected chi connectivity index (χ0v) is 21.4. The topological polar surface area (TPSA) is 97.2 Å². The molecule has 2 aromatic carbocycles. The van der Waals surface area contributed by atoms with Crippen LogP contribution in [0.25, 0.3) is 0 Å². The molecule has 188 valence electrons. The van der Waals surface area contributed by atoms with Gasteiger partial charge in [0.1, 0.15) is 5.75 Å². The Morgan fingerprint density at radius 3 is 2.69 bits per heavy atom. The molecule has 2 aliphatic heterocycles. The van der Waals surface area contributed by atoms with Crippen molar-refractivity contribution in [2.24, 2.45) is 4.99 Å². The molecule has 35 heavy (non-hydrogen) atoms. The number of ether oxygens (including phenoxy) is 2. The monoisotopic (exact) mass is 518 g/mol. The highest BCUT2D eigenvalue weighted by atomic mass is 35.5. The molecule has 9 heteroatoms. The second kappa shape index (κ2) is 11.1. The number of sulfone groups is 1. The number of aliphatic hydroxyl groups is 1. The second-order valence-electron chi connectivity index (χ2n) is 8.94. The highest BCUT2D eigenvalue weighted by Crippen LogP contribution is 2.34. The molecule has 1 fully saturated rings. The van der Waals surface area contributed by atoms with E-state index in [1.54, 1.807) is 12.3 Å². The van der Waals surface area contributed by atoms with Gasteiger partial charge in [0.2, 0.25) is 15.0 Å². The Hall–Kier alpha value is -2.39. The van der Waals surface area contributed by atoms with Gasteiger partial charge in [-0.1, -0.05) is 35.9 Å². The molecule has 0 aliphatic carbocycles. The van der Waals surface area contributed by atoms with Gasteiger partial charge in [-0.05, 0) is 61.2 Å². The molecular weight excluding hydrogens is 488 g/mol. The number of nitrogens with one attached hydrogen (secondary N) is 1. The molecule has 0 aromatic heterocycles. The predicted octanol–water partition coefficient (Wildman–Crippen LogP) is 4.19. The first kappa shape index (κ1) is 25.7. The fourth-order valence-corrected chi connectivity index (χ4v) is 5.97. The van der Waals surface area contributed by atoms with Crippen LogP contribution in [-0.4, -0.2) is 49.3 Å². The summed E-state index contributed by atoms with van der Waals surface area (Å²) in [6.45, 7) is 4.38.